The van der Waals surface area contributed by atoms with Crippen LogP contribution in [0.4, 0.5) is 0 Å². The Hall–Kier alpha value is -0.580. The molecule has 17 heavy (non-hydrogen) atoms. The lowest BCUT2D eigenvalue weighted by Crippen LogP contribution is -2.01. The van der Waals surface area contributed by atoms with Crippen LogP contribution < -0.4 is 4.74 Å². The lowest BCUT2D eigenvalue weighted by molar-refractivity contribution is 0.0502. The van der Waals surface area contributed by atoms with Crippen molar-refractivity contribution >= 4 is 15.9 Å². The first-order valence-electron chi connectivity index (χ1n) is 5.77. The SMILES string of the molecule is COCOc1cc(COCC2CC2)ccc1Br. The van der Waals surface area contributed by atoms with E-state index in [0.29, 0.717) is 6.61 Å². The van der Waals surface area contributed by atoms with Crippen molar-refractivity contribution < 1.29 is 14.2 Å². The maximum Gasteiger partial charge on any atom is 0.188 e. The van der Waals surface area contributed by atoms with Crippen LogP contribution in [0.2, 0.25) is 0 Å². The highest BCUT2D eigenvalue weighted by molar-refractivity contribution is 9.10. The molecule has 3 nitrogen and oxygen atoms in total. The molecule has 0 aromatic heterocycles. The number of halogens is 1. The fourth-order valence-corrected chi connectivity index (χ4v) is 1.86. The van der Waals surface area contributed by atoms with Gasteiger partial charge in [-0.25, -0.2) is 0 Å². The zero-order valence-corrected chi connectivity index (χ0v) is 11.5. The average molecular weight is 301 g/mol. The summed E-state index contributed by atoms with van der Waals surface area (Å²) in [5.41, 5.74) is 1.12. The zero-order valence-electron chi connectivity index (χ0n) is 9.95. The Morgan fingerprint density at radius 2 is 2.18 bits per heavy atom. The van der Waals surface area contributed by atoms with Gasteiger partial charge in [0.1, 0.15) is 5.75 Å². The molecule has 0 saturated heterocycles. The molecule has 0 atom stereocenters. The van der Waals surface area contributed by atoms with Gasteiger partial charge in [0.2, 0.25) is 0 Å². The molecule has 94 valence electrons. The second-order valence-electron chi connectivity index (χ2n) is 4.27. The highest BCUT2D eigenvalue weighted by Gasteiger charge is 2.21. The van der Waals surface area contributed by atoms with Crippen LogP contribution in [0.5, 0.6) is 5.75 Å². The molecule has 0 spiro atoms. The van der Waals surface area contributed by atoms with Crippen molar-refractivity contribution in [3.05, 3.63) is 28.2 Å². The van der Waals surface area contributed by atoms with Crippen molar-refractivity contribution in [3.63, 3.8) is 0 Å². The third kappa shape index (κ3) is 4.30. The monoisotopic (exact) mass is 300 g/mol. The van der Waals surface area contributed by atoms with Gasteiger partial charge in [-0.2, -0.15) is 0 Å². The van der Waals surface area contributed by atoms with Crippen LogP contribution >= 0.6 is 15.9 Å². The molecule has 1 aliphatic carbocycles. The van der Waals surface area contributed by atoms with Crippen LogP contribution in [-0.2, 0) is 16.1 Å². The Morgan fingerprint density at radius 1 is 1.35 bits per heavy atom. The summed E-state index contributed by atoms with van der Waals surface area (Å²) in [6, 6.07) is 5.99. The quantitative estimate of drug-likeness (QED) is 0.723. The van der Waals surface area contributed by atoms with Crippen molar-refractivity contribution in [1.82, 2.24) is 0 Å². The highest BCUT2D eigenvalue weighted by atomic mass is 79.9. The molecule has 0 aliphatic heterocycles. The third-order valence-corrected chi connectivity index (χ3v) is 3.30. The molecule has 1 aliphatic rings. The van der Waals surface area contributed by atoms with Gasteiger partial charge in [0.25, 0.3) is 0 Å². The van der Waals surface area contributed by atoms with E-state index in [9.17, 15) is 0 Å². The normalized spacial score (nSPS) is 14.9. The Labute approximate surface area is 110 Å². The fourth-order valence-electron chi connectivity index (χ4n) is 1.50. The summed E-state index contributed by atoms with van der Waals surface area (Å²) >= 11 is 3.44. The molecule has 1 fully saturated rings. The first kappa shape index (κ1) is 12.9. The molecule has 0 amide bonds. The molecule has 0 N–H and O–H groups in total. The van der Waals surface area contributed by atoms with E-state index in [2.05, 4.69) is 15.9 Å². The molecule has 1 saturated carbocycles. The van der Waals surface area contributed by atoms with Crippen molar-refractivity contribution in [1.29, 1.82) is 0 Å². The van der Waals surface area contributed by atoms with E-state index < -0.39 is 0 Å². The van der Waals surface area contributed by atoms with Crippen molar-refractivity contribution in [3.8, 4) is 5.75 Å². The summed E-state index contributed by atoms with van der Waals surface area (Å²) in [5, 5.41) is 0. The molecule has 0 unspecified atom stereocenters. The summed E-state index contributed by atoms with van der Waals surface area (Å²) < 4.78 is 16.9. The lowest BCUT2D eigenvalue weighted by atomic mass is 10.2. The Balaban J connectivity index is 1.87. The van der Waals surface area contributed by atoms with Crippen LogP contribution in [0.1, 0.15) is 18.4 Å². The first-order valence-corrected chi connectivity index (χ1v) is 6.57. The van der Waals surface area contributed by atoms with Crippen molar-refractivity contribution in [2.75, 3.05) is 20.5 Å². The number of hydrogen-bond donors (Lipinski definition) is 0. The van der Waals surface area contributed by atoms with Gasteiger partial charge in [-0.15, -0.1) is 0 Å². The molecule has 4 heteroatoms. The van der Waals surface area contributed by atoms with Crippen LogP contribution in [0.25, 0.3) is 0 Å². The average Bonchev–Trinajstić information content (AvgIpc) is 3.13. The van der Waals surface area contributed by atoms with Gasteiger partial charge in [0.15, 0.2) is 6.79 Å². The minimum absolute atomic E-state index is 0.255. The fraction of sp³-hybridized carbons (Fsp3) is 0.538. The second-order valence-corrected chi connectivity index (χ2v) is 5.13. The van der Waals surface area contributed by atoms with Gasteiger partial charge in [0, 0.05) is 13.7 Å². The van der Waals surface area contributed by atoms with Crippen LogP contribution in [0.15, 0.2) is 22.7 Å². The van der Waals surface area contributed by atoms with Crippen molar-refractivity contribution in [2.24, 2.45) is 5.92 Å². The minimum atomic E-state index is 0.255. The standard InChI is InChI=1S/C13H17BrO3/c1-15-9-17-13-6-11(4-5-12(13)14)8-16-7-10-2-3-10/h4-6,10H,2-3,7-9H2,1H3. The number of hydrogen-bond acceptors (Lipinski definition) is 3. The predicted octanol–water partition coefficient (Wildman–Crippen LogP) is 3.36. The maximum absolute atomic E-state index is 5.64. The topological polar surface area (TPSA) is 27.7 Å². The summed E-state index contributed by atoms with van der Waals surface area (Å²) in [7, 11) is 1.61. The number of ether oxygens (including phenoxy) is 3. The van der Waals surface area contributed by atoms with Crippen LogP contribution in [0.3, 0.4) is 0 Å². The summed E-state index contributed by atoms with van der Waals surface area (Å²) in [6.07, 6.45) is 2.64. The van der Waals surface area contributed by atoms with E-state index in [1.807, 2.05) is 18.2 Å². The van der Waals surface area contributed by atoms with E-state index >= 15 is 0 Å². The van der Waals surface area contributed by atoms with Gasteiger partial charge in [-0.1, -0.05) is 6.07 Å². The molecule has 2 rings (SSSR count). The van der Waals surface area contributed by atoms with Gasteiger partial charge in [0.05, 0.1) is 11.1 Å². The molecule has 0 radical (unpaired) electrons. The lowest BCUT2D eigenvalue weighted by Gasteiger charge is -2.09. The van der Waals surface area contributed by atoms with E-state index in [1.54, 1.807) is 7.11 Å². The first-order chi connectivity index (χ1) is 8.29. The van der Waals surface area contributed by atoms with Gasteiger partial charge >= 0.3 is 0 Å². The van der Waals surface area contributed by atoms with Crippen molar-refractivity contribution in [2.45, 2.75) is 19.4 Å². The van der Waals surface area contributed by atoms with E-state index in [4.69, 9.17) is 14.2 Å². The Morgan fingerprint density at radius 3 is 2.88 bits per heavy atom. The number of methoxy groups -OCH3 is 1. The Kier molecular flexibility index (Phi) is 4.83. The van der Waals surface area contributed by atoms with E-state index in [-0.39, 0.29) is 6.79 Å². The van der Waals surface area contributed by atoms with Crippen LogP contribution in [0, 0.1) is 5.92 Å². The molecule has 1 aromatic rings. The van der Waals surface area contributed by atoms with Gasteiger partial charge < -0.3 is 14.2 Å². The molecular formula is C13H17BrO3. The van der Waals surface area contributed by atoms with Crippen LogP contribution in [-0.4, -0.2) is 20.5 Å². The zero-order chi connectivity index (χ0) is 12.1. The largest absolute Gasteiger partial charge is 0.466 e. The molecular weight excluding hydrogens is 284 g/mol. The maximum atomic E-state index is 5.64. The van der Waals surface area contributed by atoms with E-state index in [1.165, 1.54) is 12.8 Å². The van der Waals surface area contributed by atoms with Gasteiger partial charge in [-0.3, -0.25) is 0 Å². The predicted molar refractivity (Wildman–Crippen MR) is 69.0 cm³/mol. The van der Waals surface area contributed by atoms with E-state index in [0.717, 1.165) is 28.3 Å². The third-order valence-electron chi connectivity index (χ3n) is 2.65. The van der Waals surface area contributed by atoms with Gasteiger partial charge in [-0.05, 0) is 52.4 Å². The Bertz CT molecular complexity index is 364. The second kappa shape index (κ2) is 6.38. The highest BCUT2D eigenvalue weighted by Crippen LogP contribution is 2.30. The summed E-state index contributed by atoms with van der Waals surface area (Å²) in [6.45, 7) is 1.78. The minimum Gasteiger partial charge on any atom is -0.466 e. The summed E-state index contributed by atoms with van der Waals surface area (Å²) in [5.74, 6) is 1.59. The molecule has 0 heterocycles. The summed E-state index contributed by atoms with van der Waals surface area (Å²) in [4.78, 5) is 0. The number of rotatable bonds is 7. The number of benzene rings is 1. The smallest absolute Gasteiger partial charge is 0.188 e. The molecule has 0 bridgehead atoms. The molecule has 1 aromatic carbocycles.